The van der Waals surface area contributed by atoms with Gasteiger partial charge in [-0.25, -0.2) is 4.79 Å². The van der Waals surface area contributed by atoms with Crippen molar-refractivity contribution < 1.29 is 19.7 Å². The van der Waals surface area contributed by atoms with Gasteiger partial charge in [-0.2, -0.15) is 4.57 Å². The molecular weight excluding hydrogens is 304 g/mol. The van der Waals surface area contributed by atoms with Gasteiger partial charge < -0.3 is 14.9 Å². The van der Waals surface area contributed by atoms with E-state index in [1.165, 1.54) is 13.1 Å². The third-order valence-electron chi connectivity index (χ3n) is 3.82. The Bertz CT molecular complexity index is 727. The van der Waals surface area contributed by atoms with Crippen LogP contribution in [0.2, 0.25) is 0 Å². The Balaban J connectivity index is 2.57. The second-order valence-electron chi connectivity index (χ2n) is 6.81. The van der Waals surface area contributed by atoms with E-state index in [1.807, 2.05) is 0 Å². The van der Waals surface area contributed by atoms with Crippen LogP contribution in [0.4, 0.5) is 0 Å². The van der Waals surface area contributed by atoms with Gasteiger partial charge in [0.15, 0.2) is 0 Å². The lowest BCUT2D eigenvalue weighted by Crippen LogP contribution is -2.48. The first-order valence-corrected chi connectivity index (χ1v) is 7.42. The SMILES string of the molecule is Cc1cn([C@H]2C[C@@H](O)[C@@H](CO)O2)c(=O)n(C(=O)C(C)(C)C)c1=O. The van der Waals surface area contributed by atoms with Crippen molar-refractivity contribution in [2.75, 3.05) is 6.61 Å². The minimum Gasteiger partial charge on any atom is -0.394 e. The number of ether oxygens (including phenoxy) is 1. The largest absolute Gasteiger partial charge is 0.394 e. The normalized spacial score (nSPS) is 24.9. The molecule has 0 aliphatic carbocycles. The van der Waals surface area contributed by atoms with Gasteiger partial charge in [0, 0.05) is 23.6 Å². The number of aliphatic hydroxyl groups is 2. The van der Waals surface area contributed by atoms with Crippen LogP contribution in [0.3, 0.4) is 0 Å². The molecule has 2 N–H and O–H groups in total. The number of carbonyl (C=O) groups excluding carboxylic acids is 1. The average Bonchev–Trinajstić information content (AvgIpc) is 2.82. The van der Waals surface area contributed by atoms with Crippen LogP contribution in [0.1, 0.15) is 43.8 Å². The minimum atomic E-state index is -0.920. The zero-order valence-corrected chi connectivity index (χ0v) is 13.6. The fourth-order valence-electron chi connectivity index (χ4n) is 2.47. The molecule has 2 rings (SSSR count). The Hall–Kier alpha value is -1.77. The van der Waals surface area contributed by atoms with E-state index < -0.39 is 41.0 Å². The van der Waals surface area contributed by atoms with Gasteiger partial charge in [0.2, 0.25) is 5.91 Å². The molecule has 128 valence electrons. The number of rotatable bonds is 2. The summed E-state index contributed by atoms with van der Waals surface area (Å²) in [6.07, 6.45) is -1.16. The fraction of sp³-hybridized carbons (Fsp3) is 0.667. The quantitative estimate of drug-likeness (QED) is 0.768. The number of aliphatic hydroxyl groups excluding tert-OH is 2. The predicted molar refractivity (Wildman–Crippen MR) is 81.4 cm³/mol. The van der Waals surface area contributed by atoms with Crippen molar-refractivity contribution in [3.63, 3.8) is 0 Å². The molecule has 1 saturated heterocycles. The van der Waals surface area contributed by atoms with Crippen molar-refractivity contribution in [3.8, 4) is 0 Å². The lowest BCUT2D eigenvalue weighted by atomic mass is 9.95. The van der Waals surface area contributed by atoms with Gasteiger partial charge in [0.1, 0.15) is 12.3 Å². The summed E-state index contributed by atoms with van der Waals surface area (Å²) in [6, 6.07) is 0. The molecule has 0 unspecified atom stereocenters. The summed E-state index contributed by atoms with van der Waals surface area (Å²) in [5, 5.41) is 18.9. The highest BCUT2D eigenvalue weighted by Gasteiger charge is 2.36. The van der Waals surface area contributed by atoms with Gasteiger partial charge in [0.05, 0.1) is 12.7 Å². The minimum absolute atomic E-state index is 0.0898. The van der Waals surface area contributed by atoms with Crippen molar-refractivity contribution >= 4 is 5.91 Å². The van der Waals surface area contributed by atoms with Crippen molar-refractivity contribution in [1.29, 1.82) is 0 Å². The molecule has 0 radical (unpaired) electrons. The second kappa shape index (κ2) is 6.03. The monoisotopic (exact) mass is 326 g/mol. The second-order valence-corrected chi connectivity index (χ2v) is 6.81. The van der Waals surface area contributed by atoms with Crippen molar-refractivity contribution in [2.24, 2.45) is 5.41 Å². The summed E-state index contributed by atoms with van der Waals surface area (Å²) in [5.74, 6) is -0.609. The summed E-state index contributed by atoms with van der Waals surface area (Å²) in [6.45, 7) is 5.97. The van der Waals surface area contributed by atoms with E-state index in [2.05, 4.69) is 0 Å². The Morgan fingerprint density at radius 1 is 1.39 bits per heavy atom. The summed E-state index contributed by atoms with van der Waals surface area (Å²) < 4.78 is 7.17. The van der Waals surface area contributed by atoms with E-state index >= 15 is 0 Å². The average molecular weight is 326 g/mol. The molecule has 1 aliphatic heterocycles. The van der Waals surface area contributed by atoms with Crippen LogP contribution in [0.5, 0.6) is 0 Å². The van der Waals surface area contributed by atoms with E-state index in [9.17, 15) is 19.5 Å². The van der Waals surface area contributed by atoms with Gasteiger partial charge in [-0.1, -0.05) is 20.8 Å². The van der Waals surface area contributed by atoms with Crippen LogP contribution >= 0.6 is 0 Å². The van der Waals surface area contributed by atoms with Gasteiger partial charge in [-0.3, -0.25) is 14.2 Å². The first-order valence-electron chi connectivity index (χ1n) is 7.42. The lowest BCUT2D eigenvalue weighted by molar-refractivity contribution is -0.0463. The van der Waals surface area contributed by atoms with Gasteiger partial charge in [0.25, 0.3) is 5.56 Å². The molecule has 8 heteroatoms. The Morgan fingerprint density at radius 2 is 2.00 bits per heavy atom. The number of hydrogen-bond donors (Lipinski definition) is 2. The zero-order valence-electron chi connectivity index (χ0n) is 13.6. The Morgan fingerprint density at radius 3 is 2.48 bits per heavy atom. The smallest absolute Gasteiger partial charge is 0.340 e. The van der Waals surface area contributed by atoms with Crippen LogP contribution in [-0.2, 0) is 4.74 Å². The van der Waals surface area contributed by atoms with Crippen LogP contribution in [0.25, 0.3) is 0 Å². The predicted octanol–water partition coefficient (Wildman–Crippen LogP) is -0.355. The van der Waals surface area contributed by atoms with E-state index in [0.717, 1.165) is 4.57 Å². The van der Waals surface area contributed by atoms with Crippen LogP contribution in [-0.4, -0.2) is 44.1 Å². The van der Waals surface area contributed by atoms with Crippen molar-refractivity contribution in [3.05, 3.63) is 32.6 Å². The first-order chi connectivity index (χ1) is 10.6. The molecule has 1 aliphatic rings. The summed E-state index contributed by atoms with van der Waals surface area (Å²) in [7, 11) is 0. The Labute approximate surface area is 132 Å². The van der Waals surface area contributed by atoms with Gasteiger partial charge in [-0.15, -0.1) is 0 Å². The van der Waals surface area contributed by atoms with Gasteiger partial charge in [-0.05, 0) is 6.92 Å². The molecule has 0 amide bonds. The molecule has 1 aromatic heterocycles. The number of aromatic nitrogens is 2. The number of aryl methyl sites for hydroxylation is 1. The highest BCUT2D eigenvalue weighted by atomic mass is 16.5. The number of nitrogens with zero attached hydrogens (tertiary/aromatic N) is 2. The fourth-order valence-corrected chi connectivity index (χ4v) is 2.47. The number of carbonyl (C=O) groups is 1. The molecular formula is C15H22N2O6. The van der Waals surface area contributed by atoms with E-state index in [0.29, 0.717) is 4.57 Å². The molecule has 0 aromatic carbocycles. The third-order valence-corrected chi connectivity index (χ3v) is 3.82. The van der Waals surface area contributed by atoms with E-state index in [1.54, 1.807) is 20.8 Å². The molecule has 23 heavy (non-hydrogen) atoms. The molecule has 0 bridgehead atoms. The highest BCUT2D eigenvalue weighted by molar-refractivity contribution is 5.83. The van der Waals surface area contributed by atoms with Crippen molar-refractivity contribution in [1.82, 2.24) is 9.13 Å². The third kappa shape index (κ3) is 3.15. The molecule has 3 atom stereocenters. The zero-order chi connectivity index (χ0) is 17.5. The van der Waals surface area contributed by atoms with Crippen LogP contribution in [0.15, 0.2) is 15.8 Å². The molecule has 1 aromatic rings. The van der Waals surface area contributed by atoms with Gasteiger partial charge >= 0.3 is 5.69 Å². The van der Waals surface area contributed by atoms with E-state index in [-0.39, 0.29) is 18.6 Å². The topological polar surface area (TPSA) is 111 Å². The van der Waals surface area contributed by atoms with Crippen LogP contribution in [0, 0.1) is 12.3 Å². The Kier molecular flexibility index (Phi) is 4.61. The maximum absolute atomic E-state index is 12.6. The molecule has 0 saturated carbocycles. The summed E-state index contributed by atoms with van der Waals surface area (Å²) in [5.41, 5.74) is -2.16. The molecule has 0 spiro atoms. The molecule has 8 nitrogen and oxygen atoms in total. The molecule has 2 heterocycles. The first kappa shape index (κ1) is 17.6. The highest BCUT2D eigenvalue weighted by Crippen LogP contribution is 2.27. The van der Waals surface area contributed by atoms with Crippen molar-refractivity contribution in [2.45, 2.75) is 52.6 Å². The van der Waals surface area contributed by atoms with Crippen LogP contribution < -0.4 is 11.2 Å². The summed E-state index contributed by atoms with van der Waals surface area (Å²) in [4.78, 5) is 37.3. The molecule has 1 fully saturated rings. The maximum atomic E-state index is 12.6. The number of hydrogen-bond acceptors (Lipinski definition) is 6. The van der Waals surface area contributed by atoms with E-state index in [4.69, 9.17) is 9.84 Å². The summed E-state index contributed by atoms with van der Waals surface area (Å²) >= 11 is 0. The lowest BCUT2D eigenvalue weighted by Gasteiger charge is -2.20. The maximum Gasteiger partial charge on any atom is 0.340 e. The standard InChI is InChI=1S/C15H22N2O6/c1-8-6-16(11-5-9(19)10(7-18)23-11)14(22)17(12(8)20)13(21)15(2,3)4/h6,9-11,18-19H,5,7H2,1-4H3/t9-,10-,11-/m1/s1.